The van der Waals surface area contributed by atoms with Crippen molar-refractivity contribution in [1.82, 2.24) is 5.32 Å². The van der Waals surface area contributed by atoms with Gasteiger partial charge >= 0.3 is 5.97 Å². The van der Waals surface area contributed by atoms with E-state index in [1.54, 1.807) is 13.0 Å². The first-order valence-corrected chi connectivity index (χ1v) is 9.05. The molecule has 0 spiro atoms. The number of carbonyl (C=O) groups excluding carboxylic acids is 1. The van der Waals surface area contributed by atoms with Crippen LogP contribution >= 0.6 is 0 Å². The molecule has 1 amide bonds. The van der Waals surface area contributed by atoms with Gasteiger partial charge in [0.2, 0.25) is 5.91 Å². The minimum atomic E-state index is -1.32. The van der Waals surface area contributed by atoms with Crippen molar-refractivity contribution in [3.8, 4) is 0 Å². The maximum atomic E-state index is 13.2. The molecule has 2 N–H and O–H groups in total. The molecule has 26 heavy (non-hydrogen) atoms. The first-order chi connectivity index (χ1) is 12.1. The normalized spacial score (nSPS) is 25.2. The lowest BCUT2D eigenvalue weighted by molar-refractivity contribution is -0.195. The van der Waals surface area contributed by atoms with Gasteiger partial charge < -0.3 is 15.2 Å². The summed E-state index contributed by atoms with van der Waals surface area (Å²) in [6.45, 7) is 7.74. The van der Waals surface area contributed by atoms with Gasteiger partial charge in [0.1, 0.15) is 11.4 Å². The fourth-order valence-corrected chi connectivity index (χ4v) is 3.58. The van der Waals surface area contributed by atoms with Gasteiger partial charge in [-0.1, -0.05) is 32.9 Å². The number of nitrogens with one attached hydrogen (secondary N) is 1. The van der Waals surface area contributed by atoms with Crippen molar-refractivity contribution in [2.24, 2.45) is 11.3 Å². The largest absolute Gasteiger partial charge is 0.479 e. The second-order valence-corrected chi connectivity index (χ2v) is 7.64. The van der Waals surface area contributed by atoms with Crippen molar-refractivity contribution < 1.29 is 23.8 Å². The van der Waals surface area contributed by atoms with E-state index < -0.39 is 16.9 Å². The Morgan fingerprint density at radius 2 is 2.12 bits per heavy atom. The number of aryl methyl sites for hydroxylation is 1. The molecule has 3 atom stereocenters. The fraction of sp³-hybridized carbons (Fsp3) is 0.600. The minimum Gasteiger partial charge on any atom is -0.479 e. The molecule has 2 rings (SSSR count). The Bertz CT molecular complexity index is 676. The first-order valence-electron chi connectivity index (χ1n) is 9.05. The molecule has 0 bridgehead atoms. The third-order valence-corrected chi connectivity index (χ3v) is 5.67. The molecule has 0 saturated heterocycles. The van der Waals surface area contributed by atoms with Crippen LogP contribution in [-0.2, 0) is 20.7 Å². The zero-order valence-corrected chi connectivity index (χ0v) is 15.8. The van der Waals surface area contributed by atoms with E-state index in [-0.39, 0.29) is 30.2 Å². The van der Waals surface area contributed by atoms with Crippen LogP contribution in [0.2, 0.25) is 0 Å². The fourth-order valence-electron chi connectivity index (χ4n) is 3.58. The third kappa shape index (κ3) is 3.75. The van der Waals surface area contributed by atoms with Crippen LogP contribution in [0.1, 0.15) is 46.1 Å². The summed E-state index contributed by atoms with van der Waals surface area (Å²) in [5.41, 5.74) is -1.21. The van der Waals surface area contributed by atoms with E-state index in [1.165, 1.54) is 12.1 Å². The van der Waals surface area contributed by atoms with E-state index in [0.717, 1.165) is 5.56 Å². The molecule has 0 aliphatic heterocycles. The van der Waals surface area contributed by atoms with Crippen molar-refractivity contribution in [3.63, 3.8) is 0 Å². The van der Waals surface area contributed by atoms with Crippen molar-refractivity contribution in [2.75, 3.05) is 6.61 Å². The quantitative estimate of drug-likeness (QED) is 0.742. The first kappa shape index (κ1) is 20.4. The third-order valence-electron chi connectivity index (χ3n) is 5.67. The van der Waals surface area contributed by atoms with Crippen LogP contribution in [0.15, 0.2) is 24.3 Å². The number of hydrogen-bond acceptors (Lipinski definition) is 3. The molecule has 144 valence electrons. The van der Waals surface area contributed by atoms with Crippen LogP contribution in [0, 0.1) is 17.2 Å². The Morgan fingerprint density at radius 1 is 1.42 bits per heavy atom. The average Bonchev–Trinajstić information content (AvgIpc) is 2.58. The minimum absolute atomic E-state index is 0.202. The summed E-state index contributed by atoms with van der Waals surface area (Å²) in [7, 11) is 0. The number of carbonyl (C=O) groups is 2. The van der Waals surface area contributed by atoms with Crippen molar-refractivity contribution in [1.29, 1.82) is 0 Å². The zero-order valence-electron chi connectivity index (χ0n) is 15.8. The summed E-state index contributed by atoms with van der Waals surface area (Å²) in [5, 5.41) is 12.5. The highest BCUT2D eigenvalue weighted by molar-refractivity contribution is 5.90. The summed E-state index contributed by atoms with van der Waals surface area (Å²) in [6.07, 6.45) is 1.12. The smallest absolute Gasteiger partial charge is 0.330 e. The van der Waals surface area contributed by atoms with Gasteiger partial charge in [0.25, 0.3) is 0 Å². The Kier molecular flexibility index (Phi) is 6.06. The Hall–Kier alpha value is -1.95. The van der Waals surface area contributed by atoms with Crippen LogP contribution in [0.5, 0.6) is 0 Å². The maximum absolute atomic E-state index is 13.2. The second-order valence-electron chi connectivity index (χ2n) is 7.64. The SMILES string of the molecule is CCOC1CC(NC(=O)C(C)CCc2cccc(F)c2)(C(=O)O)C1(C)C. The van der Waals surface area contributed by atoms with E-state index >= 15 is 0 Å². The number of carboxylic acids is 1. The second kappa shape index (κ2) is 7.74. The predicted octanol–water partition coefficient (Wildman–Crippen LogP) is 3.17. The maximum Gasteiger partial charge on any atom is 0.330 e. The summed E-state index contributed by atoms with van der Waals surface area (Å²) >= 11 is 0. The number of halogens is 1. The van der Waals surface area contributed by atoms with Gasteiger partial charge in [-0.2, -0.15) is 0 Å². The monoisotopic (exact) mass is 365 g/mol. The Labute approximate surface area is 153 Å². The molecule has 1 aliphatic carbocycles. The van der Waals surface area contributed by atoms with Crippen LogP contribution in [0.3, 0.4) is 0 Å². The lowest BCUT2D eigenvalue weighted by atomic mass is 9.54. The lowest BCUT2D eigenvalue weighted by Gasteiger charge is -2.58. The molecule has 3 unspecified atom stereocenters. The standard InChI is InChI=1S/C20H28FNO4/c1-5-26-16-12-20(18(24)25,19(16,3)4)22-17(23)13(2)9-10-14-7-6-8-15(21)11-14/h6-8,11,13,16H,5,9-10,12H2,1-4H3,(H,22,23)(H,24,25). The van der Waals surface area contributed by atoms with Crippen LogP contribution < -0.4 is 5.32 Å². The van der Waals surface area contributed by atoms with Crippen molar-refractivity contribution in [3.05, 3.63) is 35.6 Å². The van der Waals surface area contributed by atoms with E-state index in [1.807, 2.05) is 26.8 Å². The van der Waals surface area contributed by atoms with E-state index in [4.69, 9.17) is 4.74 Å². The molecule has 5 nitrogen and oxygen atoms in total. The van der Waals surface area contributed by atoms with E-state index in [0.29, 0.717) is 19.4 Å². The molecule has 1 aromatic carbocycles. The lowest BCUT2D eigenvalue weighted by Crippen LogP contribution is -2.76. The molecular formula is C20H28FNO4. The van der Waals surface area contributed by atoms with Crippen LogP contribution in [0.4, 0.5) is 4.39 Å². The Morgan fingerprint density at radius 3 is 2.65 bits per heavy atom. The summed E-state index contributed by atoms with van der Waals surface area (Å²) in [6, 6.07) is 6.28. The van der Waals surface area contributed by atoms with Crippen LogP contribution in [-0.4, -0.2) is 35.2 Å². The van der Waals surface area contributed by atoms with Gasteiger partial charge in [-0.15, -0.1) is 0 Å². The van der Waals surface area contributed by atoms with Crippen molar-refractivity contribution in [2.45, 2.75) is 58.6 Å². The van der Waals surface area contributed by atoms with Gasteiger partial charge in [-0.25, -0.2) is 9.18 Å². The molecule has 1 saturated carbocycles. The molecule has 0 aromatic heterocycles. The number of aliphatic carboxylic acids is 1. The number of ether oxygens (including phenoxy) is 1. The molecule has 1 fully saturated rings. The molecule has 1 aliphatic rings. The number of hydrogen-bond donors (Lipinski definition) is 2. The Balaban J connectivity index is 2.01. The highest BCUT2D eigenvalue weighted by Gasteiger charge is 2.66. The van der Waals surface area contributed by atoms with Gasteiger partial charge in [0.15, 0.2) is 0 Å². The number of benzene rings is 1. The number of amides is 1. The van der Waals surface area contributed by atoms with E-state index in [9.17, 15) is 19.1 Å². The van der Waals surface area contributed by atoms with Gasteiger partial charge in [0.05, 0.1) is 6.10 Å². The van der Waals surface area contributed by atoms with E-state index in [2.05, 4.69) is 5.32 Å². The molecule has 0 heterocycles. The van der Waals surface area contributed by atoms with Gasteiger partial charge in [-0.3, -0.25) is 4.79 Å². The average molecular weight is 365 g/mol. The molecule has 6 heteroatoms. The number of rotatable bonds is 8. The topological polar surface area (TPSA) is 75.6 Å². The zero-order chi connectivity index (χ0) is 19.5. The van der Waals surface area contributed by atoms with Crippen LogP contribution in [0.25, 0.3) is 0 Å². The van der Waals surface area contributed by atoms with Crippen molar-refractivity contribution >= 4 is 11.9 Å². The predicted molar refractivity (Wildman–Crippen MR) is 96.2 cm³/mol. The molecule has 0 radical (unpaired) electrons. The van der Waals surface area contributed by atoms with Gasteiger partial charge in [-0.05, 0) is 37.5 Å². The summed E-state index contributed by atoms with van der Waals surface area (Å²) < 4.78 is 18.9. The summed E-state index contributed by atoms with van der Waals surface area (Å²) in [4.78, 5) is 24.5. The highest BCUT2D eigenvalue weighted by Crippen LogP contribution is 2.51. The summed E-state index contributed by atoms with van der Waals surface area (Å²) in [5.74, 6) is -2.02. The molecule has 1 aromatic rings. The van der Waals surface area contributed by atoms with Gasteiger partial charge in [0, 0.05) is 24.4 Å². The highest BCUT2D eigenvalue weighted by atomic mass is 19.1. The molecular weight excluding hydrogens is 337 g/mol. The number of carboxylic acid groups (broad SMARTS) is 1.